The van der Waals surface area contributed by atoms with Crippen molar-refractivity contribution in [1.82, 2.24) is 19.7 Å². The van der Waals surface area contributed by atoms with Gasteiger partial charge in [0.15, 0.2) is 11.6 Å². The second kappa shape index (κ2) is 12.4. The van der Waals surface area contributed by atoms with Gasteiger partial charge < -0.3 is 15.7 Å². The molecule has 3 aromatic rings. The Morgan fingerprint density at radius 1 is 1.23 bits per heavy atom. The minimum atomic E-state index is -1.37. The number of amides is 1. The molecule has 39 heavy (non-hydrogen) atoms. The third kappa shape index (κ3) is 7.22. The Balaban J connectivity index is 2.24. The molecular formula is C28H33F3N6O2. The molecule has 0 bridgehead atoms. The van der Waals surface area contributed by atoms with Crippen LogP contribution in [0, 0.1) is 28.4 Å². The summed E-state index contributed by atoms with van der Waals surface area (Å²) in [5.74, 6) is -1.89. The summed E-state index contributed by atoms with van der Waals surface area (Å²) in [6, 6.07) is 10.2. The molecule has 11 heteroatoms. The SMILES string of the molecule is CC(O)C(=O)N(CCC(N)CF)[C@@H](c1nc(-c2cc(F)ccc2F)nn1Cc1cccc(C#N)c1)C(C)(C)C. The lowest BCUT2D eigenvalue weighted by Gasteiger charge is -2.40. The number of carbonyl (C=O) groups is 1. The number of benzene rings is 2. The first-order valence-electron chi connectivity index (χ1n) is 12.5. The van der Waals surface area contributed by atoms with Gasteiger partial charge in [0.1, 0.15) is 24.4 Å². The van der Waals surface area contributed by atoms with Crippen LogP contribution in [0.3, 0.4) is 0 Å². The van der Waals surface area contributed by atoms with Gasteiger partial charge in [-0.25, -0.2) is 22.8 Å². The number of hydrogen-bond acceptors (Lipinski definition) is 6. The molecule has 0 fully saturated rings. The van der Waals surface area contributed by atoms with E-state index in [2.05, 4.69) is 16.2 Å². The Morgan fingerprint density at radius 2 is 1.95 bits per heavy atom. The second-order valence-electron chi connectivity index (χ2n) is 10.6. The zero-order valence-electron chi connectivity index (χ0n) is 22.4. The highest BCUT2D eigenvalue weighted by Gasteiger charge is 2.40. The maximum atomic E-state index is 14.8. The molecule has 0 aliphatic rings. The van der Waals surface area contributed by atoms with Crippen molar-refractivity contribution < 1.29 is 23.1 Å². The van der Waals surface area contributed by atoms with Crippen LogP contribution in [0.5, 0.6) is 0 Å². The standard InChI is InChI=1S/C28H33F3N6O2/c1-17(38)27(39)36(11-10-21(33)14-29)24(28(2,3)4)26-34-25(22-13-20(30)8-9-23(22)31)35-37(26)16-19-7-5-6-18(12-19)15-32/h5-9,12-13,17,21,24,38H,10-11,14,16,33H2,1-4H3/t17?,21?,24-/m0/s1. The summed E-state index contributed by atoms with van der Waals surface area (Å²) >= 11 is 0. The molecule has 2 aromatic carbocycles. The van der Waals surface area contributed by atoms with E-state index < -0.39 is 47.8 Å². The zero-order chi connectivity index (χ0) is 28.9. The number of halogens is 3. The van der Waals surface area contributed by atoms with Crippen molar-refractivity contribution in [2.75, 3.05) is 13.2 Å². The van der Waals surface area contributed by atoms with E-state index in [9.17, 15) is 28.3 Å². The zero-order valence-corrected chi connectivity index (χ0v) is 22.4. The van der Waals surface area contributed by atoms with Crippen LogP contribution < -0.4 is 5.73 Å². The van der Waals surface area contributed by atoms with Gasteiger partial charge in [-0.2, -0.15) is 10.4 Å². The van der Waals surface area contributed by atoms with Gasteiger partial charge in [-0.05, 0) is 54.7 Å². The van der Waals surface area contributed by atoms with E-state index in [0.29, 0.717) is 11.1 Å². The Bertz CT molecular complexity index is 1350. The molecule has 0 aliphatic heterocycles. The number of nitrogens with two attached hydrogens (primary N) is 1. The van der Waals surface area contributed by atoms with Crippen molar-refractivity contribution in [3.8, 4) is 17.5 Å². The highest BCUT2D eigenvalue weighted by Crippen LogP contribution is 2.39. The molecule has 3 N–H and O–H groups in total. The Morgan fingerprint density at radius 3 is 2.56 bits per heavy atom. The molecule has 0 aliphatic carbocycles. The largest absolute Gasteiger partial charge is 0.384 e. The van der Waals surface area contributed by atoms with Crippen molar-refractivity contribution in [2.24, 2.45) is 11.1 Å². The monoisotopic (exact) mass is 542 g/mol. The van der Waals surface area contributed by atoms with E-state index in [0.717, 1.165) is 18.2 Å². The molecule has 3 rings (SSSR count). The summed E-state index contributed by atoms with van der Waals surface area (Å²) in [5.41, 5.74) is 6.04. The number of aliphatic hydroxyl groups excluding tert-OH is 1. The highest BCUT2D eigenvalue weighted by atomic mass is 19.1. The number of aliphatic hydroxyl groups is 1. The smallest absolute Gasteiger partial charge is 0.251 e. The predicted octanol–water partition coefficient (Wildman–Crippen LogP) is 4.13. The molecule has 8 nitrogen and oxygen atoms in total. The quantitative estimate of drug-likeness (QED) is 0.398. The fourth-order valence-corrected chi connectivity index (χ4v) is 4.35. The molecule has 0 saturated heterocycles. The van der Waals surface area contributed by atoms with Gasteiger partial charge in [0, 0.05) is 12.6 Å². The third-order valence-electron chi connectivity index (χ3n) is 6.21. The predicted molar refractivity (Wildman–Crippen MR) is 140 cm³/mol. The lowest BCUT2D eigenvalue weighted by molar-refractivity contribution is -0.145. The van der Waals surface area contributed by atoms with Crippen LogP contribution in [0.15, 0.2) is 42.5 Å². The maximum absolute atomic E-state index is 14.8. The number of nitriles is 1. The first kappa shape index (κ1) is 29.8. The summed E-state index contributed by atoms with van der Waals surface area (Å²) < 4.78 is 43.5. The average molecular weight is 543 g/mol. The van der Waals surface area contributed by atoms with Crippen LogP contribution in [0.25, 0.3) is 11.4 Å². The van der Waals surface area contributed by atoms with Crippen molar-refractivity contribution in [1.29, 1.82) is 5.26 Å². The van der Waals surface area contributed by atoms with Gasteiger partial charge in [0.25, 0.3) is 5.91 Å². The van der Waals surface area contributed by atoms with Gasteiger partial charge in [-0.15, -0.1) is 0 Å². The number of aromatic nitrogens is 3. The molecule has 0 saturated carbocycles. The normalized spacial score (nSPS) is 13.9. The van der Waals surface area contributed by atoms with E-state index in [1.165, 1.54) is 16.5 Å². The minimum Gasteiger partial charge on any atom is -0.384 e. The Hall–Kier alpha value is -3.75. The van der Waals surface area contributed by atoms with Crippen LogP contribution in [0.4, 0.5) is 13.2 Å². The lowest BCUT2D eigenvalue weighted by atomic mass is 9.84. The number of rotatable bonds is 10. The summed E-state index contributed by atoms with van der Waals surface area (Å²) in [5, 5.41) is 24.1. The van der Waals surface area contributed by atoms with Gasteiger partial charge in [-0.1, -0.05) is 32.9 Å². The van der Waals surface area contributed by atoms with E-state index in [-0.39, 0.29) is 36.7 Å². The van der Waals surface area contributed by atoms with Gasteiger partial charge >= 0.3 is 0 Å². The molecule has 3 atom stereocenters. The molecule has 0 radical (unpaired) electrons. The molecule has 2 unspecified atom stereocenters. The number of alkyl halides is 1. The fraction of sp³-hybridized carbons (Fsp3) is 0.429. The van der Waals surface area contributed by atoms with E-state index in [4.69, 9.17) is 5.73 Å². The summed E-state index contributed by atoms with van der Waals surface area (Å²) in [6.07, 6.45) is -1.26. The first-order valence-corrected chi connectivity index (χ1v) is 12.5. The lowest BCUT2D eigenvalue weighted by Crippen LogP contribution is -2.47. The fourth-order valence-electron chi connectivity index (χ4n) is 4.35. The molecule has 1 aromatic heterocycles. The molecular weight excluding hydrogens is 509 g/mol. The van der Waals surface area contributed by atoms with Crippen LogP contribution in [-0.4, -0.2) is 56.0 Å². The summed E-state index contributed by atoms with van der Waals surface area (Å²) in [6.45, 7) is 6.22. The molecule has 1 heterocycles. The minimum absolute atomic E-state index is 0.0111. The van der Waals surface area contributed by atoms with Crippen molar-refractivity contribution in [3.05, 3.63) is 71.1 Å². The maximum Gasteiger partial charge on any atom is 0.251 e. The number of carbonyl (C=O) groups excluding carboxylic acids is 1. The van der Waals surface area contributed by atoms with Crippen LogP contribution in [0.1, 0.15) is 57.1 Å². The van der Waals surface area contributed by atoms with Crippen molar-refractivity contribution >= 4 is 5.91 Å². The number of hydrogen-bond donors (Lipinski definition) is 2. The Kier molecular flexibility index (Phi) is 9.48. The molecule has 1 amide bonds. The Labute approximate surface area is 225 Å². The van der Waals surface area contributed by atoms with Crippen molar-refractivity contribution in [3.63, 3.8) is 0 Å². The van der Waals surface area contributed by atoms with E-state index in [1.807, 2.05) is 20.8 Å². The summed E-state index contributed by atoms with van der Waals surface area (Å²) in [7, 11) is 0. The average Bonchev–Trinajstić information content (AvgIpc) is 3.28. The summed E-state index contributed by atoms with van der Waals surface area (Å²) in [4.78, 5) is 19.3. The topological polar surface area (TPSA) is 121 Å². The van der Waals surface area contributed by atoms with Crippen LogP contribution in [-0.2, 0) is 11.3 Å². The molecule has 208 valence electrons. The van der Waals surface area contributed by atoms with Gasteiger partial charge in [0.05, 0.1) is 29.8 Å². The van der Waals surface area contributed by atoms with E-state index in [1.54, 1.807) is 24.3 Å². The number of nitrogens with zero attached hydrogens (tertiary/aromatic N) is 5. The molecule has 0 spiro atoms. The van der Waals surface area contributed by atoms with E-state index >= 15 is 0 Å². The van der Waals surface area contributed by atoms with Gasteiger partial charge in [-0.3, -0.25) is 4.79 Å². The van der Waals surface area contributed by atoms with Crippen LogP contribution in [0.2, 0.25) is 0 Å². The first-order chi connectivity index (χ1) is 18.3. The van der Waals surface area contributed by atoms with Crippen LogP contribution >= 0.6 is 0 Å². The highest BCUT2D eigenvalue weighted by molar-refractivity contribution is 5.80. The van der Waals surface area contributed by atoms with Gasteiger partial charge in [0.2, 0.25) is 0 Å². The second-order valence-corrected chi connectivity index (χ2v) is 10.6. The van der Waals surface area contributed by atoms with Crippen molar-refractivity contribution in [2.45, 2.75) is 58.8 Å². The third-order valence-corrected chi connectivity index (χ3v) is 6.21.